The molecular weight excluding hydrogens is 693 g/mol. The van der Waals surface area contributed by atoms with E-state index in [2.05, 4.69) is 222 Å². The standard InChI is InChI=1S/C54H36N2O/c1-4-12-37(13-5-1)39-20-27-44(28-21-39)55(45-29-22-40(23-30-45)38-14-6-2-7-15-38)46-31-24-41(25-32-46)42-26-33-49-51(36-42)56(43-16-8-3-9-17-43)50-35-34-48-47-18-10-11-19-52(47)57-54(48)53(49)50/h1-36H. The average molecular weight is 729 g/mol. The first-order valence-corrected chi connectivity index (χ1v) is 19.4. The van der Waals surface area contributed by atoms with Crippen LogP contribution in [0.25, 0.3) is 82.8 Å². The first kappa shape index (κ1) is 32.8. The lowest BCUT2D eigenvalue weighted by Crippen LogP contribution is -2.09. The molecule has 11 aromatic rings. The Morgan fingerprint density at radius 1 is 0.333 bits per heavy atom. The molecule has 2 aromatic heterocycles. The Balaban J connectivity index is 1.02. The highest BCUT2D eigenvalue weighted by atomic mass is 16.3. The predicted octanol–water partition coefficient (Wildman–Crippen LogP) is 15.2. The fraction of sp³-hybridized carbons (Fsp3) is 0. The Hall–Kier alpha value is -7.62. The van der Waals surface area contributed by atoms with Crippen LogP contribution in [0.3, 0.4) is 0 Å². The highest BCUT2D eigenvalue weighted by Gasteiger charge is 2.20. The normalized spacial score (nSPS) is 11.5. The van der Waals surface area contributed by atoms with Gasteiger partial charge in [-0.15, -0.1) is 0 Å². The molecule has 57 heavy (non-hydrogen) atoms. The van der Waals surface area contributed by atoms with Crippen LogP contribution in [-0.2, 0) is 0 Å². The van der Waals surface area contributed by atoms with Crippen molar-refractivity contribution in [1.82, 2.24) is 4.57 Å². The number of nitrogens with zero attached hydrogens (tertiary/aromatic N) is 2. The van der Waals surface area contributed by atoms with Crippen molar-refractivity contribution in [2.75, 3.05) is 4.90 Å². The minimum Gasteiger partial charge on any atom is -0.455 e. The highest BCUT2D eigenvalue weighted by molar-refractivity contribution is 6.24. The Morgan fingerprint density at radius 2 is 0.789 bits per heavy atom. The van der Waals surface area contributed by atoms with Crippen LogP contribution >= 0.6 is 0 Å². The van der Waals surface area contributed by atoms with Crippen LogP contribution in [0.15, 0.2) is 223 Å². The fourth-order valence-corrected chi connectivity index (χ4v) is 8.44. The van der Waals surface area contributed by atoms with E-state index >= 15 is 0 Å². The molecule has 0 spiro atoms. The molecule has 0 bridgehead atoms. The molecule has 0 unspecified atom stereocenters. The van der Waals surface area contributed by atoms with E-state index in [1.54, 1.807) is 0 Å². The van der Waals surface area contributed by atoms with Gasteiger partial charge in [0.25, 0.3) is 0 Å². The van der Waals surface area contributed by atoms with Crippen LogP contribution in [0.4, 0.5) is 17.1 Å². The minimum absolute atomic E-state index is 0.908. The quantitative estimate of drug-likeness (QED) is 0.163. The molecule has 0 radical (unpaired) electrons. The molecule has 3 heteroatoms. The van der Waals surface area contributed by atoms with Crippen molar-refractivity contribution >= 4 is 60.8 Å². The van der Waals surface area contributed by atoms with E-state index in [9.17, 15) is 0 Å². The number of rotatable bonds is 7. The number of para-hydroxylation sites is 2. The van der Waals surface area contributed by atoms with Crippen molar-refractivity contribution < 1.29 is 4.42 Å². The second kappa shape index (κ2) is 13.6. The molecule has 0 amide bonds. The number of hydrogen-bond acceptors (Lipinski definition) is 2. The number of furan rings is 1. The largest absolute Gasteiger partial charge is 0.455 e. The lowest BCUT2D eigenvalue weighted by molar-refractivity contribution is 0.673. The smallest absolute Gasteiger partial charge is 0.145 e. The monoisotopic (exact) mass is 728 g/mol. The molecule has 9 aromatic carbocycles. The van der Waals surface area contributed by atoms with Gasteiger partial charge in [0, 0.05) is 38.9 Å². The molecule has 268 valence electrons. The maximum atomic E-state index is 6.59. The number of aromatic nitrogens is 1. The van der Waals surface area contributed by atoms with E-state index in [-0.39, 0.29) is 0 Å². The molecule has 0 N–H and O–H groups in total. The third kappa shape index (κ3) is 5.68. The molecule has 0 saturated heterocycles. The zero-order valence-electron chi connectivity index (χ0n) is 31.1. The summed E-state index contributed by atoms with van der Waals surface area (Å²) in [6.45, 7) is 0. The Bertz CT molecular complexity index is 3100. The summed E-state index contributed by atoms with van der Waals surface area (Å²) in [4.78, 5) is 2.34. The zero-order valence-corrected chi connectivity index (χ0v) is 31.1. The number of hydrogen-bond donors (Lipinski definition) is 0. The molecule has 0 fully saturated rings. The summed E-state index contributed by atoms with van der Waals surface area (Å²) in [6, 6.07) is 78.0. The van der Waals surface area contributed by atoms with E-state index in [1.807, 2.05) is 6.07 Å². The van der Waals surface area contributed by atoms with Crippen LogP contribution < -0.4 is 4.90 Å². The van der Waals surface area contributed by atoms with Crippen LogP contribution in [0.2, 0.25) is 0 Å². The van der Waals surface area contributed by atoms with E-state index in [4.69, 9.17) is 4.42 Å². The summed E-state index contributed by atoms with van der Waals surface area (Å²) >= 11 is 0. The summed E-state index contributed by atoms with van der Waals surface area (Å²) in [5.74, 6) is 0. The third-order valence-corrected chi connectivity index (χ3v) is 11.2. The Labute approximate surface area is 330 Å². The van der Waals surface area contributed by atoms with Crippen LogP contribution in [0, 0.1) is 0 Å². The minimum atomic E-state index is 0.908. The van der Waals surface area contributed by atoms with Gasteiger partial charge in [0.1, 0.15) is 11.2 Å². The highest BCUT2D eigenvalue weighted by Crippen LogP contribution is 2.42. The SMILES string of the molecule is c1ccc(-c2ccc(N(c3ccc(-c4ccccc4)cc3)c3ccc(-c4ccc5c6c7oc8ccccc8c7ccc6n(-c6ccccc6)c5c4)cc3)cc2)cc1. The van der Waals surface area contributed by atoms with Crippen molar-refractivity contribution in [3.05, 3.63) is 218 Å². The second-order valence-electron chi connectivity index (χ2n) is 14.5. The van der Waals surface area contributed by atoms with E-state index < -0.39 is 0 Å². The first-order valence-electron chi connectivity index (χ1n) is 19.4. The van der Waals surface area contributed by atoms with Crippen molar-refractivity contribution in [2.24, 2.45) is 0 Å². The van der Waals surface area contributed by atoms with Crippen LogP contribution in [0.1, 0.15) is 0 Å². The summed E-state index contributed by atoms with van der Waals surface area (Å²) in [6.07, 6.45) is 0. The molecule has 0 aliphatic carbocycles. The maximum absolute atomic E-state index is 6.59. The first-order chi connectivity index (χ1) is 28.3. The second-order valence-corrected chi connectivity index (χ2v) is 14.5. The van der Waals surface area contributed by atoms with Crippen molar-refractivity contribution in [3.8, 4) is 39.1 Å². The van der Waals surface area contributed by atoms with E-state index in [0.29, 0.717) is 0 Å². The number of anilines is 3. The summed E-state index contributed by atoms with van der Waals surface area (Å²) in [7, 11) is 0. The fourth-order valence-electron chi connectivity index (χ4n) is 8.44. The maximum Gasteiger partial charge on any atom is 0.145 e. The predicted molar refractivity (Wildman–Crippen MR) is 239 cm³/mol. The van der Waals surface area contributed by atoms with Gasteiger partial charge < -0.3 is 13.9 Å². The zero-order chi connectivity index (χ0) is 37.7. The van der Waals surface area contributed by atoms with Crippen molar-refractivity contribution in [2.45, 2.75) is 0 Å². The molecule has 0 atom stereocenters. The van der Waals surface area contributed by atoms with Crippen LogP contribution in [0.5, 0.6) is 0 Å². The molecule has 0 aliphatic rings. The number of fused-ring (bicyclic) bond motifs is 7. The van der Waals surface area contributed by atoms with Crippen LogP contribution in [-0.4, -0.2) is 4.57 Å². The summed E-state index contributed by atoms with van der Waals surface area (Å²) in [5, 5.41) is 4.58. The third-order valence-electron chi connectivity index (χ3n) is 11.2. The molecular formula is C54H36N2O. The van der Waals surface area contributed by atoms with E-state index in [0.717, 1.165) is 72.2 Å². The van der Waals surface area contributed by atoms with Gasteiger partial charge in [0.15, 0.2) is 0 Å². The average Bonchev–Trinajstić information content (AvgIpc) is 3.84. The number of benzene rings is 9. The molecule has 0 saturated carbocycles. The van der Waals surface area contributed by atoms with Gasteiger partial charge in [-0.25, -0.2) is 0 Å². The van der Waals surface area contributed by atoms with Crippen molar-refractivity contribution in [3.63, 3.8) is 0 Å². The van der Waals surface area contributed by atoms with Gasteiger partial charge in [-0.3, -0.25) is 0 Å². The Morgan fingerprint density at radius 3 is 1.37 bits per heavy atom. The molecule has 3 nitrogen and oxygen atoms in total. The van der Waals surface area contributed by atoms with Gasteiger partial charge in [0.05, 0.1) is 16.4 Å². The van der Waals surface area contributed by atoms with Gasteiger partial charge in [-0.1, -0.05) is 146 Å². The van der Waals surface area contributed by atoms with Gasteiger partial charge in [0.2, 0.25) is 0 Å². The van der Waals surface area contributed by atoms with Gasteiger partial charge in [-0.05, 0) is 106 Å². The Kier molecular flexibility index (Phi) is 7.82. The lowest BCUT2D eigenvalue weighted by Gasteiger charge is -2.26. The topological polar surface area (TPSA) is 21.3 Å². The molecule has 2 heterocycles. The summed E-state index contributed by atoms with van der Waals surface area (Å²) in [5.41, 5.74) is 15.6. The van der Waals surface area contributed by atoms with E-state index in [1.165, 1.54) is 27.6 Å². The lowest BCUT2D eigenvalue weighted by atomic mass is 10.0. The molecule has 11 rings (SSSR count). The summed E-state index contributed by atoms with van der Waals surface area (Å²) < 4.78 is 8.96. The van der Waals surface area contributed by atoms with Gasteiger partial charge >= 0.3 is 0 Å². The van der Waals surface area contributed by atoms with Crippen molar-refractivity contribution in [1.29, 1.82) is 0 Å². The molecule has 0 aliphatic heterocycles. The van der Waals surface area contributed by atoms with Gasteiger partial charge in [-0.2, -0.15) is 0 Å².